The lowest BCUT2D eigenvalue weighted by atomic mass is 9.92. The van der Waals surface area contributed by atoms with Crippen LogP contribution in [-0.2, 0) is 16.1 Å². The Morgan fingerprint density at radius 2 is 1.68 bits per heavy atom. The number of likely N-dealkylation sites (tertiary alicyclic amines) is 1. The van der Waals surface area contributed by atoms with E-state index in [0.29, 0.717) is 28.1 Å². The summed E-state index contributed by atoms with van der Waals surface area (Å²) >= 11 is 13.3. The Balaban J connectivity index is 1.47. The summed E-state index contributed by atoms with van der Waals surface area (Å²) in [5.74, 6) is -0.0608. The first-order chi connectivity index (χ1) is 17.7. The van der Waals surface area contributed by atoms with Crippen molar-refractivity contribution in [1.82, 2.24) is 10.2 Å². The molecule has 9 nitrogen and oxygen atoms in total. The zero-order valence-corrected chi connectivity index (χ0v) is 21.8. The Bertz CT molecular complexity index is 1140. The molecular weight excluding hydrogens is 521 g/mol. The topological polar surface area (TPSA) is 119 Å². The number of aliphatic hydroxyl groups excluding tert-OH is 1. The van der Waals surface area contributed by atoms with Crippen LogP contribution in [0.1, 0.15) is 37.7 Å². The highest BCUT2D eigenvalue weighted by Gasteiger charge is 2.37. The fourth-order valence-corrected chi connectivity index (χ4v) is 5.72. The molecule has 2 aromatic carbocycles. The number of hydrogen-bond acceptors (Lipinski definition) is 5. The van der Waals surface area contributed by atoms with Crippen molar-refractivity contribution in [1.29, 1.82) is 0 Å². The normalized spacial score (nSPS) is 21.6. The van der Waals surface area contributed by atoms with Crippen LogP contribution in [0.5, 0.6) is 0 Å². The number of rotatable bonds is 5. The van der Waals surface area contributed by atoms with Crippen LogP contribution in [0.2, 0.25) is 10.0 Å². The van der Waals surface area contributed by atoms with Gasteiger partial charge in [0, 0.05) is 35.6 Å². The largest absolute Gasteiger partial charge is 0.531 e. The van der Waals surface area contributed by atoms with E-state index in [2.05, 4.69) is 10.2 Å². The molecule has 3 N–H and O–H groups in total. The number of carbonyl (C=O) groups is 3. The summed E-state index contributed by atoms with van der Waals surface area (Å²) in [5.41, 5.74) is 2.42. The summed E-state index contributed by atoms with van der Waals surface area (Å²) in [7, 11) is 1.36. The number of amides is 3. The van der Waals surface area contributed by atoms with Crippen molar-refractivity contribution in [2.24, 2.45) is 5.92 Å². The van der Waals surface area contributed by atoms with Gasteiger partial charge in [0.2, 0.25) is 5.91 Å². The maximum atomic E-state index is 13.1. The van der Waals surface area contributed by atoms with Crippen molar-refractivity contribution < 1.29 is 29.4 Å². The summed E-state index contributed by atoms with van der Waals surface area (Å²) in [6, 6.07) is 9.47. The third-order valence-electron chi connectivity index (χ3n) is 7.05. The van der Waals surface area contributed by atoms with Gasteiger partial charge in [0.1, 0.15) is 0 Å². The molecule has 0 spiro atoms. The SMILES string of the molecule is CNC(=O)N(OC(=O)O)c1ccc(-c2cc(Cl)c(C[C@@H]3CCN(C4CCC(O)CC4)C3=O)c(Cl)c2)cc1. The molecule has 0 aromatic heterocycles. The Morgan fingerprint density at radius 3 is 2.24 bits per heavy atom. The molecular formula is C26H29Cl2N3O6. The van der Waals surface area contributed by atoms with Crippen LogP contribution in [0.15, 0.2) is 36.4 Å². The number of hydroxylamine groups is 1. The predicted octanol–water partition coefficient (Wildman–Crippen LogP) is 5.11. The number of halogens is 2. The predicted molar refractivity (Wildman–Crippen MR) is 140 cm³/mol. The Hall–Kier alpha value is -3.01. The van der Waals surface area contributed by atoms with Crippen molar-refractivity contribution in [3.63, 3.8) is 0 Å². The molecule has 0 bridgehead atoms. The van der Waals surface area contributed by atoms with E-state index in [0.717, 1.165) is 48.8 Å². The van der Waals surface area contributed by atoms with Gasteiger partial charge < -0.3 is 20.4 Å². The highest BCUT2D eigenvalue weighted by atomic mass is 35.5. The number of benzene rings is 2. The molecule has 11 heteroatoms. The second kappa shape index (κ2) is 11.6. The van der Waals surface area contributed by atoms with E-state index in [9.17, 15) is 19.5 Å². The van der Waals surface area contributed by atoms with Crippen molar-refractivity contribution in [3.8, 4) is 11.1 Å². The third kappa shape index (κ3) is 6.11. The number of aliphatic hydroxyl groups is 1. The number of anilines is 1. The van der Waals surface area contributed by atoms with Crippen molar-refractivity contribution in [2.45, 2.75) is 50.7 Å². The average Bonchev–Trinajstić information content (AvgIpc) is 3.24. The second-order valence-corrected chi connectivity index (χ2v) is 10.2. The first kappa shape index (κ1) is 27.0. The minimum atomic E-state index is -1.62. The highest BCUT2D eigenvalue weighted by molar-refractivity contribution is 6.36. The molecule has 4 rings (SSSR count). The highest BCUT2D eigenvalue weighted by Crippen LogP contribution is 2.37. The summed E-state index contributed by atoms with van der Waals surface area (Å²) in [6.07, 6.45) is 2.44. The van der Waals surface area contributed by atoms with Crippen molar-refractivity contribution in [3.05, 3.63) is 52.0 Å². The monoisotopic (exact) mass is 549 g/mol. The number of hydrogen-bond donors (Lipinski definition) is 3. The Morgan fingerprint density at radius 1 is 1.05 bits per heavy atom. The molecule has 37 heavy (non-hydrogen) atoms. The molecule has 2 aliphatic rings. The van der Waals surface area contributed by atoms with E-state index in [1.807, 2.05) is 4.90 Å². The number of nitrogens with one attached hydrogen (secondary N) is 1. The lowest BCUT2D eigenvalue weighted by molar-refractivity contribution is -0.133. The van der Waals surface area contributed by atoms with Gasteiger partial charge in [-0.1, -0.05) is 35.3 Å². The van der Waals surface area contributed by atoms with Crippen LogP contribution in [0.25, 0.3) is 11.1 Å². The lowest BCUT2D eigenvalue weighted by Crippen LogP contribution is -2.41. The van der Waals surface area contributed by atoms with Crippen LogP contribution < -0.4 is 10.4 Å². The average molecular weight is 550 g/mol. The summed E-state index contributed by atoms with van der Waals surface area (Å²) in [4.78, 5) is 42.6. The van der Waals surface area contributed by atoms with Crippen LogP contribution in [0.3, 0.4) is 0 Å². The molecule has 2 fully saturated rings. The number of carbonyl (C=O) groups excluding carboxylic acids is 2. The molecule has 1 aliphatic carbocycles. The fraction of sp³-hybridized carbons (Fsp3) is 0.423. The molecule has 1 aliphatic heterocycles. The van der Waals surface area contributed by atoms with E-state index >= 15 is 0 Å². The molecule has 1 saturated heterocycles. The van der Waals surface area contributed by atoms with Gasteiger partial charge in [-0.25, -0.2) is 9.59 Å². The molecule has 2 aromatic rings. The van der Waals surface area contributed by atoms with E-state index in [4.69, 9.17) is 28.3 Å². The molecule has 1 heterocycles. The minimum absolute atomic E-state index is 0.123. The van der Waals surface area contributed by atoms with Gasteiger partial charge in [0.15, 0.2) is 0 Å². The molecule has 3 amide bonds. The van der Waals surface area contributed by atoms with Gasteiger partial charge in [-0.3, -0.25) is 9.63 Å². The van der Waals surface area contributed by atoms with E-state index in [1.54, 1.807) is 36.4 Å². The quantitative estimate of drug-likeness (QED) is 0.446. The molecule has 0 unspecified atom stereocenters. The summed E-state index contributed by atoms with van der Waals surface area (Å²) in [5, 5.41) is 22.6. The van der Waals surface area contributed by atoms with Crippen molar-refractivity contribution >= 4 is 47.0 Å². The van der Waals surface area contributed by atoms with Gasteiger partial charge in [-0.05, 0) is 79.5 Å². The first-order valence-corrected chi connectivity index (χ1v) is 12.9. The zero-order valence-electron chi connectivity index (χ0n) is 20.3. The molecule has 0 radical (unpaired) electrons. The fourth-order valence-electron chi connectivity index (χ4n) is 5.08. The zero-order chi connectivity index (χ0) is 26.7. The maximum Gasteiger partial charge on any atom is 0.531 e. The molecule has 1 saturated carbocycles. The van der Waals surface area contributed by atoms with Crippen LogP contribution in [0.4, 0.5) is 15.3 Å². The summed E-state index contributed by atoms with van der Waals surface area (Å²) in [6.45, 7) is 0.711. The standard InChI is InChI=1S/C26H29Cl2N3O6/c1-29-25(34)31(37-26(35)36)19-4-2-15(3-5-19)17-13-22(27)21(23(28)14-17)12-16-10-11-30(24(16)33)18-6-8-20(32)9-7-18/h2-5,13-14,16,18,20,32H,6-12H2,1H3,(H,29,34)(H,35,36)/t16-,18?,20?/m0/s1. The van der Waals surface area contributed by atoms with Crippen LogP contribution in [-0.4, -0.2) is 58.9 Å². The van der Waals surface area contributed by atoms with E-state index in [1.165, 1.54) is 7.05 Å². The third-order valence-corrected chi connectivity index (χ3v) is 7.73. The van der Waals surface area contributed by atoms with Crippen LogP contribution in [0, 0.1) is 5.92 Å². The van der Waals surface area contributed by atoms with E-state index < -0.39 is 12.2 Å². The van der Waals surface area contributed by atoms with Gasteiger partial charge in [0.05, 0.1) is 11.8 Å². The minimum Gasteiger partial charge on any atom is -0.448 e. The molecule has 198 valence electrons. The Labute approximate surface area is 224 Å². The smallest absolute Gasteiger partial charge is 0.448 e. The van der Waals surface area contributed by atoms with Gasteiger partial charge in [-0.15, -0.1) is 5.06 Å². The van der Waals surface area contributed by atoms with Crippen LogP contribution >= 0.6 is 23.2 Å². The van der Waals surface area contributed by atoms with Gasteiger partial charge in [-0.2, -0.15) is 0 Å². The van der Waals surface area contributed by atoms with E-state index in [-0.39, 0.29) is 29.7 Å². The maximum absolute atomic E-state index is 13.1. The van der Waals surface area contributed by atoms with Crippen molar-refractivity contribution in [2.75, 3.05) is 18.7 Å². The van der Waals surface area contributed by atoms with Gasteiger partial charge in [0.25, 0.3) is 0 Å². The molecule has 1 atom stereocenters. The Kier molecular flexibility index (Phi) is 8.46. The lowest BCUT2D eigenvalue weighted by Gasteiger charge is -2.33. The number of carboxylic acid groups (broad SMARTS) is 1. The first-order valence-electron chi connectivity index (χ1n) is 12.2. The van der Waals surface area contributed by atoms with Gasteiger partial charge >= 0.3 is 12.2 Å². The second-order valence-electron chi connectivity index (χ2n) is 9.36. The number of nitrogens with zero attached hydrogens (tertiary/aromatic N) is 2. The number of urea groups is 1. The summed E-state index contributed by atoms with van der Waals surface area (Å²) < 4.78 is 0.